The molecule has 0 aliphatic carbocycles. The van der Waals surface area contributed by atoms with Crippen molar-refractivity contribution < 1.29 is 4.74 Å². The highest BCUT2D eigenvalue weighted by Gasteiger charge is 2.06. The standard InChI is InChI=1S/C11H5Cl2N3O/c12-9-6-15-11(13)16-10(9)17-8-3-1-7(5-14)2-4-8/h1-4,6H. The molecule has 1 aromatic heterocycles. The van der Waals surface area contributed by atoms with Crippen LogP contribution >= 0.6 is 23.2 Å². The van der Waals surface area contributed by atoms with Crippen LogP contribution in [0.15, 0.2) is 30.5 Å². The first-order chi connectivity index (χ1) is 8.19. The average Bonchev–Trinajstić information content (AvgIpc) is 2.35. The van der Waals surface area contributed by atoms with Gasteiger partial charge in [0.15, 0.2) is 0 Å². The van der Waals surface area contributed by atoms with E-state index in [1.165, 1.54) is 6.20 Å². The summed E-state index contributed by atoms with van der Waals surface area (Å²) in [7, 11) is 0. The fourth-order valence-corrected chi connectivity index (χ4v) is 1.37. The molecule has 4 nitrogen and oxygen atoms in total. The van der Waals surface area contributed by atoms with Crippen LogP contribution in [-0.2, 0) is 0 Å². The SMILES string of the molecule is N#Cc1ccc(Oc2nc(Cl)ncc2Cl)cc1. The molecule has 2 aromatic rings. The highest BCUT2D eigenvalue weighted by atomic mass is 35.5. The first-order valence-corrected chi connectivity index (χ1v) is 5.30. The van der Waals surface area contributed by atoms with E-state index in [1.54, 1.807) is 24.3 Å². The number of benzene rings is 1. The molecule has 0 spiro atoms. The highest BCUT2D eigenvalue weighted by Crippen LogP contribution is 2.27. The van der Waals surface area contributed by atoms with E-state index in [-0.39, 0.29) is 16.2 Å². The largest absolute Gasteiger partial charge is 0.437 e. The molecule has 0 N–H and O–H groups in total. The Morgan fingerprint density at radius 2 is 1.88 bits per heavy atom. The number of nitriles is 1. The summed E-state index contributed by atoms with van der Waals surface area (Å²) in [6.07, 6.45) is 1.36. The normalized spacial score (nSPS) is 9.71. The van der Waals surface area contributed by atoms with E-state index < -0.39 is 0 Å². The van der Waals surface area contributed by atoms with Crippen LogP contribution in [0.2, 0.25) is 10.3 Å². The molecule has 0 saturated carbocycles. The lowest BCUT2D eigenvalue weighted by atomic mass is 10.2. The van der Waals surface area contributed by atoms with E-state index in [0.29, 0.717) is 11.3 Å². The Bertz CT molecular complexity index is 578. The lowest BCUT2D eigenvalue weighted by Crippen LogP contribution is -1.91. The summed E-state index contributed by atoms with van der Waals surface area (Å²) in [5.74, 6) is 0.692. The van der Waals surface area contributed by atoms with Gasteiger partial charge in [-0.25, -0.2) is 4.98 Å². The minimum atomic E-state index is 0.0537. The van der Waals surface area contributed by atoms with Crippen molar-refractivity contribution in [3.05, 3.63) is 46.3 Å². The van der Waals surface area contributed by atoms with Gasteiger partial charge in [-0.2, -0.15) is 10.2 Å². The van der Waals surface area contributed by atoms with E-state index in [4.69, 9.17) is 33.2 Å². The van der Waals surface area contributed by atoms with Crippen LogP contribution in [-0.4, -0.2) is 9.97 Å². The molecule has 0 saturated heterocycles. The third-order valence-electron chi connectivity index (χ3n) is 1.88. The van der Waals surface area contributed by atoms with Crippen molar-refractivity contribution in [2.45, 2.75) is 0 Å². The summed E-state index contributed by atoms with van der Waals surface area (Å²) in [5.41, 5.74) is 0.546. The number of hydrogen-bond donors (Lipinski definition) is 0. The fraction of sp³-hybridized carbons (Fsp3) is 0. The molecule has 0 aliphatic rings. The second-order valence-corrected chi connectivity index (χ2v) is 3.78. The number of nitrogens with zero attached hydrogens (tertiary/aromatic N) is 3. The Hall–Kier alpha value is -1.83. The number of rotatable bonds is 2. The second-order valence-electron chi connectivity index (χ2n) is 3.03. The third kappa shape index (κ3) is 2.84. The number of hydrogen-bond acceptors (Lipinski definition) is 4. The van der Waals surface area contributed by atoms with Crippen molar-refractivity contribution in [1.82, 2.24) is 9.97 Å². The van der Waals surface area contributed by atoms with Crippen LogP contribution in [0.25, 0.3) is 0 Å². The van der Waals surface area contributed by atoms with Gasteiger partial charge in [0.2, 0.25) is 11.2 Å². The number of halogens is 2. The van der Waals surface area contributed by atoms with Gasteiger partial charge < -0.3 is 4.74 Å². The lowest BCUT2D eigenvalue weighted by Gasteiger charge is -2.05. The molecule has 84 valence electrons. The molecule has 17 heavy (non-hydrogen) atoms. The highest BCUT2D eigenvalue weighted by molar-refractivity contribution is 6.32. The molecule has 0 radical (unpaired) electrons. The lowest BCUT2D eigenvalue weighted by molar-refractivity contribution is 0.462. The second kappa shape index (κ2) is 5.00. The van der Waals surface area contributed by atoms with Crippen LogP contribution in [0.3, 0.4) is 0 Å². The molecule has 0 fully saturated rings. The number of ether oxygens (including phenoxy) is 1. The summed E-state index contributed by atoms with van der Waals surface area (Å²) in [6, 6.07) is 8.56. The van der Waals surface area contributed by atoms with Gasteiger partial charge in [0.05, 0.1) is 17.8 Å². The molecular weight excluding hydrogens is 261 g/mol. The quantitative estimate of drug-likeness (QED) is 0.781. The van der Waals surface area contributed by atoms with Crippen LogP contribution in [0.5, 0.6) is 11.6 Å². The molecule has 0 bridgehead atoms. The predicted octanol–water partition coefficient (Wildman–Crippen LogP) is 3.45. The van der Waals surface area contributed by atoms with Gasteiger partial charge in [0, 0.05) is 0 Å². The van der Waals surface area contributed by atoms with E-state index in [9.17, 15) is 0 Å². The summed E-state index contributed by atoms with van der Waals surface area (Å²) in [5, 5.41) is 8.97. The molecule has 1 heterocycles. The minimum Gasteiger partial charge on any atom is -0.437 e. The van der Waals surface area contributed by atoms with Gasteiger partial charge in [-0.05, 0) is 35.9 Å². The smallest absolute Gasteiger partial charge is 0.242 e. The Kier molecular flexibility index (Phi) is 3.43. The zero-order chi connectivity index (χ0) is 12.3. The molecule has 2 rings (SSSR count). The van der Waals surface area contributed by atoms with Gasteiger partial charge in [-0.15, -0.1) is 0 Å². The van der Waals surface area contributed by atoms with Crippen molar-refractivity contribution >= 4 is 23.2 Å². The predicted molar refractivity (Wildman–Crippen MR) is 63.3 cm³/mol. The van der Waals surface area contributed by atoms with Gasteiger partial charge in [0.1, 0.15) is 10.8 Å². The van der Waals surface area contributed by atoms with Gasteiger partial charge >= 0.3 is 0 Å². The van der Waals surface area contributed by atoms with Crippen LogP contribution in [0.1, 0.15) is 5.56 Å². The molecule has 0 amide bonds. The third-order valence-corrected chi connectivity index (χ3v) is 2.32. The zero-order valence-corrected chi connectivity index (χ0v) is 9.90. The summed E-state index contributed by atoms with van der Waals surface area (Å²) in [4.78, 5) is 7.55. The maximum Gasteiger partial charge on any atom is 0.242 e. The molecule has 6 heteroatoms. The van der Waals surface area contributed by atoms with Crippen molar-refractivity contribution in [2.75, 3.05) is 0 Å². The molecular formula is C11H5Cl2N3O. The zero-order valence-electron chi connectivity index (χ0n) is 8.39. The molecule has 0 unspecified atom stereocenters. The summed E-state index contributed by atoms with van der Waals surface area (Å²) >= 11 is 11.5. The summed E-state index contributed by atoms with van der Waals surface area (Å²) < 4.78 is 5.41. The maximum atomic E-state index is 8.65. The molecule has 0 atom stereocenters. The first kappa shape index (κ1) is 11.6. The van der Waals surface area contributed by atoms with Crippen molar-refractivity contribution in [1.29, 1.82) is 5.26 Å². The van der Waals surface area contributed by atoms with Crippen molar-refractivity contribution in [3.63, 3.8) is 0 Å². The Balaban J connectivity index is 2.25. The average molecular weight is 266 g/mol. The van der Waals surface area contributed by atoms with Gasteiger partial charge in [-0.3, -0.25) is 0 Å². The fourth-order valence-electron chi connectivity index (χ4n) is 1.11. The Morgan fingerprint density at radius 3 is 2.53 bits per heavy atom. The van der Waals surface area contributed by atoms with Crippen LogP contribution in [0.4, 0.5) is 0 Å². The van der Waals surface area contributed by atoms with Crippen LogP contribution < -0.4 is 4.74 Å². The van der Waals surface area contributed by atoms with Gasteiger partial charge in [-0.1, -0.05) is 11.6 Å². The van der Waals surface area contributed by atoms with E-state index in [0.717, 1.165) is 0 Å². The van der Waals surface area contributed by atoms with E-state index >= 15 is 0 Å². The Morgan fingerprint density at radius 1 is 1.18 bits per heavy atom. The van der Waals surface area contributed by atoms with Gasteiger partial charge in [0.25, 0.3) is 0 Å². The van der Waals surface area contributed by atoms with Crippen molar-refractivity contribution in [2.24, 2.45) is 0 Å². The Labute approximate surface area is 107 Å². The van der Waals surface area contributed by atoms with Crippen molar-refractivity contribution in [3.8, 4) is 17.7 Å². The molecule has 1 aromatic carbocycles. The molecule has 0 aliphatic heterocycles. The van der Waals surface area contributed by atoms with Crippen LogP contribution in [0, 0.1) is 11.3 Å². The number of aromatic nitrogens is 2. The monoisotopic (exact) mass is 265 g/mol. The minimum absolute atomic E-state index is 0.0537. The van der Waals surface area contributed by atoms with E-state index in [1.807, 2.05) is 6.07 Å². The maximum absolute atomic E-state index is 8.65. The van der Waals surface area contributed by atoms with E-state index in [2.05, 4.69) is 9.97 Å². The first-order valence-electron chi connectivity index (χ1n) is 4.55. The summed E-state index contributed by atoms with van der Waals surface area (Å²) in [6.45, 7) is 0. The topological polar surface area (TPSA) is 58.8 Å².